The van der Waals surface area contributed by atoms with Crippen molar-refractivity contribution in [1.29, 1.82) is 0 Å². The van der Waals surface area contributed by atoms with Crippen molar-refractivity contribution < 1.29 is 18.6 Å². The van der Waals surface area contributed by atoms with Crippen LogP contribution in [0.25, 0.3) is 11.0 Å². The molecule has 23 heavy (non-hydrogen) atoms. The largest absolute Gasteiger partial charge is 0.486 e. The molecule has 0 bridgehead atoms. The normalized spacial score (nSPS) is 11.1. The van der Waals surface area contributed by atoms with Gasteiger partial charge >= 0.3 is 0 Å². The van der Waals surface area contributed by atoms with Crippen LogP contribution in [0.5, 0.6) is 5.75 Å². The molecule has 3 rings (SSSR count). The minimum absolute atomic E-state index is 0.00231. The van der Waals surface area contributed by atoms with Crippen LogP contribution >= 0.6 is 0 Å². The molecule has 0 saturated carbocycles. The SMILES string of the molecule is OCCCn1c(COc2ccccc2)nc2cc(F)c(F)cc21. The summed E-state index contributed by atoms with van der Waals surface area (Å²) in [6.45, 7) is 0.626. The second-order valence-electron chi connectivity index (χ2n) is 5.11. The lowest BCUT2D eigenvalue weighted by Gasteiger charge is -2.10. The number of para-hydroxylation sites is 1. The number of rotatable bonds is 6. The van der Waals surface area contributed by atoms with Crippen LogP contribution in [0.15, 0.2) is 42.5 Å². The number of aliphatic hydroxyl groups excluding tert-OH is 1. The van der Waals surface area contributed by atoms with Gasteiger partial charge in [-0.3, -0.25) is 0 Å². The molecule has 1 heterocycles. The Morgan fingerprint density at radius 2 is 1.83 bits per heavy atom. The summed E-state index contributed by atoms with van der Waals surface area (Å²) in [7, 11) is 0. The lowest BCUT2D eigenvalue weighted by atomic mass is 10.3. The van der Waals surface area contributed by atoms with E-state index in [2.05, 4.69) is 4.98 Å². The van der Waals surface area contributed by atoms with E-state index < -0.39 is 11.6 Å². The molecule has 0 saturated heterocycles. The number of fused-ring (bicyclic) bond motifs is 1. The average molecular weight is 318 g/mol. The predicted octanol–water partition coefficient (Wildman–Crippen LogP) is 3.28. The number of nitrogens with zero attached hydrogens (tertiary/aromatic N) is 2. The van der Waals surface area contributed by atoms with Crippen LogP contribution in [-0.2, 0) is 13.2 Å². The van der Waals surface area contributed by atoms with Gasteiger partial charge in [0.05, 0.1) is 11.0 Å². The fourth-order valence-corrected chi connectivity index (χ4v) is 2.42. The predicted molar refractivity (Wildman–Crippen MR) is 82.1 cm³/mol. The molecule has 0 aliphatic rings. The second kappa shape index (κ2) is 6.75. The molecule has 0 unspecified atom stereocenters. The molecule has 1 aromatic heterocycles. The van der Waals surface area contributed by atoms with Crippen molar-refractivity contribution in [3.63, 3.8) is 0 Å². The molecule has 2 aromatic carbocycles. The lowest BCUT2D eigenvalue weighted by molar-refractivity contribution is 0.269. The minimum atomic E-state index is -0.931. The maximum Gasteiger partial charge on any atom is 0.161 e. The topological polar surface area (TPSA) is 47.3 Å². The third kappa shape index (κ3) is 3.32. The summed E-state index contributed by atoms with van der Waals surface area (Å²) in [5.74, 6) is -0.606. The van der Waals surface area contributed by atoms with Gasteiger partial charge in [0.2, 0.25) is 0 Å². The summed E-state index contributed by atoms with van der Waals surface area (Å²) in [6, 6.07) is 11.4. The van der Waals surface area contributed by atoms with E-state index in [0.29, 0.717) is 35.6 Å². The van der Waals surface area contributed by atoms with E-state index in [-0.39, 0.29) is 13.2 Å². The standard InChI is InChI=1S/C17H16F2N2O2/c18-13-9-15-16(10-14(13)19)21(7-4-8-22)17(20-15)11-23-12-5-2-1-3-6-12/h1-3,5-6,9-10,22H,4,7-8,11H2. The third-order valence-electron chi connectivity index (χ3n) is 3.52. The summed E-state index contributed by atoms with van der Waals surface area (Å²) >= 11 is 0. The van der Waals surface area contributed by atoms with Crippen molar-refractivity contribution in [2.75, 3.05) is 6.61 Å². The molecule has 0 aliphatic heterocycles. The van der Waals surface area contributed by atoms with Gasteiger partial charge in [0.25, 0.3) is 0 Å². The van der Waals surface area contributed by atoms with Crippen molar-refractivity contribution in [1.82, 2.24) is 9.55 Å². The van der Waals surface area contributed by atoms with Gasteiger partial charge in [-0.2, -0.15) is 0 Å². The maximum absolute atomic E-state index is 13.5. The molecule has 0 aliphatic carbocycles. The highest BCUT2D eigenvalue weighted by Crippen LogP contribution is 2.21. The van der Waals surface area contributed by atoms with Gasteiger partial charge in [-0.25, -0.2) is 13.8 Å². The van der Waals surface area contributed by atoms with E-state index in [1.807, 2.05) is 30.3 Å². The number of hydrogen-bond donors (Lipinski definition) is 1. The van der Waals surface area contributed by atoms with Crippen molar-refractivity contribution in [3.8, 4) is 5.75 Å². The molecule has 0 atom stereocenters. The second-order valence-corrected chi connectivity index (χ2v) is 5.11. The number of aryl methyl sites for hydroxylation is 1. The Balaban J connectivity index is 1.94. The van der Waals surface area contributed by atoms with E-state index in [4.69, 9.17) is 9.84 Å². The van der Waals surface area contributed by atoms with Crippen molar-refractivity contribution in [2.24, 2.45) is 0 Å². The first-order chi connectivity index (χ1) is 11.2. The summed E-state index contributed by atoms with van der Waals surface area (Å²) in [5, 5.41) is 9.04. The van der Waals surface area contributed by atoms with Gasteiger partial charge in [-0.1, -0.05) is 18.2 Å². The Hall–Kier alpha value is -2.47. The average Bonchev–Trinajstić information content (AvgIpc) is 2.89. The minimum Gasteiger partial charge on any atom is -0.486 e. The van der Waals surface area contributed by atoms with E-state index in [1.165, 1.54) is 0 Å². The zero-order valence-corrected chi connectivity index (χ0v) is 12.4. The van der Waals surface area contributed by atoms with Crippen LogP contribution in [0.3, 0.4) is 0 Å². The molecular weight excluding hydrogens is 302 g/mol. The van der Waals surface area contributed by atoms with Gasteiger partial charge < -0.3 is 14.4 Å². The Kier molecular flexibility index (Phi) is 4.52. The fraction of sp³-hybridized carbons (Fsp3) is 0.235. The maximum atomic E-state index is 13.5. The van der Waals surface area contributed by atoms with Gasteiger partial charge in [0.15, 0.2) is 11.6 Å². The Morgan fingerprint density at radius 3 is 2.57 bits per heavy atom. The van der Waals surface area contributed by atoms with E-state index in [1.54, 1.807) is 4.57 Å². The van der Waals surface area contributed by atoms with Gasteiger partial charge in [0, 0.05) is 25.3 Å². The van der Waals surface area contributed by atoms with Crippen molar-refractivity contribution in [2.45, 2.75) is 19.6 Å². The molecule has 3 aromatic rings. The number of ether oxygens (including phenoxy) is 1. The number of benzene rings is 2. The molecule has 0 fully saturated rings. The summed E-state index contributed by atoms with van der Waals surface area (Å²) in [5.41, 5.74) is 0.859. The van der Waals surface area contributed by atoms with Crippen LogP contribution in [0.1, 0.15) is 12.2 Å². The molecular formula is C17H16F2N2O2. The molecule has 0 radical (unpaired) electrons. The number of aliphatic hydroxyl groups is 1. The summed E-state index contributed by atoms with van der Waals surface area (Å²) in [6.07, 6.45) is 0.489. The molecule has 4 nitrogen and oxygen atoms in total. The third-order valence-corrected chi connectivity index (χ3v) is 3.52. The molecule has 0 amide bonds. The Morgan fingerprint density at radius 1 is 1.09 bits per heavy atom. The van der Waals surface area contributed by atoms with Gasteiger partial charge in [-0.15, -0.1) is 0 Å². The fourth-order valence-electron chi connectivity index (χ4n) is 2.42. The van der Waals surface area contributed by atoms with Gasteiger partial charge in [0.1, 0.15) is 18.2 Å². The van der Waals surface area contributed by atoms with Crippen LogP contribution in [0.2, 0.25) is 0 Å². The quantitative estimate of drug-likeness (QED) is 0.759. The smallest absolute Gasteiger partial charge is 0.161 e. The van der Waals surface area contributed by atoms with Crippen molar-refractivity contribution >= 4 is 11.0 Å². The van der Waals surface area contributed by atoms with Crippen LogP contribution in [-0.4, -0.2) is 21.3 Å². The molecule has 1 N–H and O–H groups in total. The first-order valence-electron chi connectivity index (χ1n) is 7.32. The Labute approximate surface area is 132 Å². The van der Waals surface area contributed by atoms with Crippen molar-refractivity contribution in [3.05, 3.63) is 59.9 Å². The van der Waals surface area contributed by atoms with Crippen LogP contribution in [0, 0.1) is 11.6 Å². The van der Waals surface area contributed by atoms with E-state index in [9.17, 15) is 8.78 Å². The zero-order valence-electron chi connectivity index (χ0n) is 12.4. The van der Waals surface area contributed by atoms with Gasteiger partial charge in [-0.05, 0) is 18.6 Å². The van der Waals surface area contributed by atoms with Crippen LogP contribution < -0.4 is 4.74 Å². The summed E-state index contributed by atoms with van der Waals surface area (Å²) < 4.78 is 34.3. The van der Waals surface area contributed by atoms with Crippen LogP contribution in [0.4, 0.5) is 8.78 Å². The Bertz CT molecular complexity index is 803. The number of hydrogen-bond acceptors (Lipinski definition) is 3. The highest BCUT2D eigenvalue weighted by atomic mass is 19.2. The molecule has 0 spiro atoms. The zero-order chi connectivity index (χ0) is 16.2. The highest BCUT2D eigenvalue weighted by molar-refractivity contribution is 5.76. The van der Waals surface area contributed by atoms with E-state index in [0.717, 1.165) is 12.1 Å². The molecule has 120 valence electrons. The monoisotopic (exact) mass is 318 g/mol. The number of halogens is 2. The highest BCUT2D eigenvalue weighted by Gasteiger charge is 2.14. The lowest BCUT2D eigenvalue weighted by Crippen LogP contribution is -2.08. The van der Waals surface area contributed by atoms with E-state index >= 15 is 0 Å². The first kappa shape index (κ1) is 15.4. The first-order valence-corrected chi connectivity index (χ1v) is 7.32. The summed E-state index contributed by atoms with van der Waals surface area (Å²) in [4.78, 5) is 4.33. The molecule has 6 heteroatoms. The number of aromatic nitrogens is 2. The number of imidazole rings is 1.